The van der Waals surface area contributed by atoms with E-state index in [1.54, 1.807) is 18.2 Å². The highest BCUT2D eigenvalue weighted by atomic mass is 16.4. The van der Waals surface area contributed by atoms with Crippen LogP contribution >= 0.6 is 0 Å². The number of carbonyl (C=O) groups is 2. The number of benzene rings is 2. The first-order valence-corrected chi connectivity index (χ1v) is 6.38. The summed E-state index contributed by atoms with van der Waals surface area (Å²) in [6.45, 7) is 0. The van der Waals surface area contributed by atoms with Gasteiger partial charge in [0.05, 0.1) is 6.42 Å². The van der Waals surface area contributed by atoms with Crippen LogP contribution in [0.1, 0.15) is 33.8 Å². The van der Waals surface area contributed by atoms with Crippen molar-refractivity contribution in [2.75, 3.05) is 5.32 Å². The minimum absolute atomic E-state index is 0.0387. The van der Waals surface area contributed by atoms with Crippen LogP contribution in [0.25, 0.3) is 0 Å². The number of fused-ring (bicyclic) bond motifs is 2. The van der Waals surface area contributed by atoms with Crippen LogP contribution in [0.5, 0.6) is 0 Å². The normalized spacial score (nSPS) is 16.6. The van der Waals surface area contributed by atoms with Crippen LogP contribution in [0.15, 0.2) is 48.5 Å². The topological polar surface area (TPSA) is 66.4 Å². The molecule has 20 heavy (non-hydrogen) atoms. The molecule has 2 aromatic rings. The van der Waals surface area contributed by atoms with Crippen molar-refractivity contribution in [2.24, 2.45) is 0 Å². The smallest absolute Gasteiger partial charge is 0.304 e. The second-order valence-electron chi connectivity index (χ2n) is 4.78. The fourth-order valence-corrected chi connectivity index (χ4v) is 2.67. The summed E-state index contributed by atoms with van der Waals surface area (Å²) in [6.07, 6.45) is -0.0387. The summed E-state index contributed by atoms with van der Waals surface area (Å²) in [4.78, 5) is 23.4. The van der Waals surface area contributed by atoms with E-state index in [1.807, 2.05) is 30.3 Å². The standard InChI is InChI=1S/C16H13NO3/c18-15(19)9-13-10-5-1-2-7-12(10)16(20)17-14-8-4-3-6-11(13)14/h1-8,13H,9H2,(H,17,20)(H,18,19). The highest BCUT2D eigenvalue weighted by Gasteiger charge is 2.28. The lowest BCUT2D eigenvalue weighted by atomic mass is 9.86. The Morgan fingerprint density at radius 1 is 1.05 bits per heavy atom. The SMILES string of the molecule is O=C(O)CC1c2ccccc2NC(=O)c2ccccc21. The van der Waals surface area contributed by atoms with Gasteiger partial charge in [-0.15, -0.1) is 0 Å². The Balaban J connectivity index is 2.23. The van der Waals surface area contributed by atoms with Crippen LogP contribution in [-0.4, -0.2) is 17.0 Å². The Labute approximate surface area is 116 Å². The average molecular weight is 267 g/mol. The Morgan fingerprint density at radius 3 is 2.45 bits per heavy atom. The first-order chi connectivity index (χ1) is 9.66. The summed E-state index contributed by atoms with van der Waals surface area (Å²) in [5, 5.41) is 12.0. The van der Waals surface area contributed by atoms with Crippen LogP contribution < -0.4 is 5.32 Å². The first kappa shape index (κ1) is 12.4. The number of nitrogens with one attached hydrogen (secondary N) is 1. The van der Waals surface area contributed by atoms with Gasteiger partial charge in [-0.3, -0.25) is 9.59 Å². The predicted molar refractivity (Wildman–Crippen MR) is 74.9 cm³/mol. The predicted octanol–water partition coefficient (Wildman–Crippen LogP) is 2.86. The molecule has 100 valence electrons. The number of amides is 1. The third-order valence-corrected chi connectivity index (χ3v) is 3.54. The van der Waals surface area contributed by atoms with Gasteiger partial charge < -0.3 is 10.4 Å². The van der Waals surface area contributed by atoms with Crippen molar-refractivity contribution in [3.8, 4) is 0 Å². The van der Waals surface area contributed by atoms with E-state index in [2.05, 4.69) is 5.32 Å². The molecule has 0 fully saturated rings. The molecule has 0 radical (unpaired) electrons. The second kappa shape index (κ2) is 4.81. The van der Waals surface area contributed by atoms with Gasteiger partial charge in [0.2, 0.25) is 0 Å². The summed E-state index contributed by atoms with van der Waals surface area (Å²) in [5.41, 5.74) is 2.82. The highest BCUT2D eigenvalue weighted by molar-refractivity contribution is 6.07. The molecular formula is C16H13NO3. The molecule has 1 heterocycles. The molecule has 0 bridgehead atoms. The number of carboxylic acid groups (broad SMARTS) is 1. The molecule has 0 aliphatic carbocycles. The van der Waals surface area contributed by atoms with Crippen LogP contribution in [0.4, 0.5) is 5.69 Å². The summed E-state index contributed by atoms with van der Waals surface area (Å²) < 4.78 is 0. The molecule has 0 saturated carbocycles. The third-order valence-electron chi connectivity index (χ3n) is 3.54. The molecule has 1 aliphatic heterocycles. The van der Waals surface area contributed by atoms with Gasteiger partial charge in [-0.25, -0.2) is 0 Å². The van der Waals surface area contributed by atoms with Gasteiger partial charge in [0.1, 0.15) is 0 Å². The van der Waals surface area contributed by atoms with Gasteiger partial charge in [0, 0.05) is 17.2 Å². The van der Waals surface area contributed by atoms with E-state index in [0.29, 0.717) is 11.3 Å². The molecule has 0 spiro atoms. The fraction of sp³-hybridized carbons (Fsp3) is 0.125. The number of hydrogen-bond acceptors (Lipinski definition) is 2. The zero-order valence-electron chi connectivity index (χ0n) is 10.7. The zero-order chi connectivity index (χ0) is 14.1. The van der Waals surface area contributed by atoms with Crippen LogP contribution in [0.3, 0.4) is 0 Å². The van der Waals surface area contributed by atoms with Gasteiger partial charge >= 0.3 is 5.97 Å². The van der Waals surface area contributed by atoms with E-state index in [4.69, 9.17) is 5.11 Å². The van der Waals surface area contributed by atoms with Crippen molar-refractivity contribution < 1.29 is 14.7 Å². The second-order valence-corrected chi connectivity index (χ2v) is 4.78. The van der Waals surface area contributed by atoms with E-state index in [9.17, 15) is 9.59 Å². The van der Waals surface area contributed by atoms with Crippen LogP contribution in [-0.2, 0) is 4.79 Å². The molecule has 1 amide bonds. The van der Waals surface area contributed by atoms with Gasteiger partial charge in [-0.2, -0.15) is 0 Å². The quantitative estimate of drug-likeness (QED) is 0.879. The minimum Gasteiger partial charge on any atom is -0.481 e. The van der Waals surface area contributed by atoms with Crippen molar-refractivity contribution in [3.05, 3.63) is 65.2 Å². The maximum atomic E-state index is 12.2. The number of hydrogen-bond donors (Lipinski definition) is 2. The van der Waals surface area contributed by atoms with E-state index in [1.165, 1.54) is 0 Å². The fourth-order valence-electron chi connectivity index (χ4n) is 2.67. The average Bonchev–Trinajstić information content (AvgIpc) is 2.55. The maximum absolute atomic E-state index is 12.2. The lowest BCUT2D eigenvalue weighted by Gasteiger charge is -2.17. The lowest BCUT2D eigenvalue weighted by molar-refractivity contribution is -0.137. The summed E-state index contributed by atoms with van der Waals surface area (Å²) in [7, 11) is 0. The third kappa shape index (κ3) is 2.05. The summed E-state index contributed by atoms with van der Waals surface area (Å²) in [5.74, 6) is -1.39. The number of rotatable bonds is 2. The Bertz CT molecular complexity index is 694. The summed E-state index contributed by atoms with van der Waals surface area (Å²) >= 11 is 0. The zero-order valence-corrected chi connectivity index (χ0v) is 10.7. The van der Waals surface area contributed by atoms with Crippen molar-refractivity contribution in [2.45, 2.75) is 12.3 Å². The molecule has 3 rings (SSSR count). The molecule has 0 aromatic heterocycles. The van der Waals surface area contributed by atoms with E-state index >= 15 is 0 Å². The van der Waals surface area contributed by atoms with E-state index in [-0.39, 0.29) is 18.2 Å². The molecule has 1 aliphatic rings. The van der Waals surface area contributed by atoms with E-state index < -0.39 is 5.97 Å². The number of carboxylic acids is 1. The lowest BCUT2D eigenvalue weighted by Crippen LogP contribution is -2.12. The van der Waals surface area contributed by atoms with Gasteiger partial charge in [0.15, 0.2) is 0 Å². The molecule has 2 aromatic carbocycles. The largest absolute Gasteiger partial charge is 0.481 e. The Kier molecular flexibility index (Phi) is 2.99. The summed E-state index contributed by atoms with van der Waals surface area (Å²) in [6, 6.07) is 14.5. The Morgan fingerprint density at radius 2 is 1.70 bits per heavy atom. The molecule has 1 unspecified atom stereocenters. The maximum Gasteiger partial charge on any atom is 0.304 e. The van der Waals surface area contributed by atoms with Crippen molar-refractivity contribution >= 4 is 17.6 Å². The monoisotopic (exact) mass is 267 g/mol. The van der Waals surface area contributed by atoms with Gasteiger partial charge in [-0.1, -0.05) is 36.4 Å². The number of anilines is 1. The van der Waals surface area contributed by atoms with Crippen molar-refractivity contribution in [3.63, 3.8) is 0 Å². The number of carbonyl (C=O) groups excluding carboxylic acids is 1. The van der Waals surface area contributed by atoms with E-state index in [0.717, 1.165) is 11.1 Å². The highest BCUT2D eigenvalue weighted by Crippen LogP contribution is 2.37. The molecule has 0 saturated heterocycles. The minimum atomic E-state index is -0.881. The Hall–Kier alpha value is -2.62. The molecular weight excluding hydrogens is 254 g/mol. The first-order valence-electron chi connectivity index (χ1n) is 6.38. The van der Waals surface area contributed by atoms with Gasteiger partial charge in [0.25, 0.3) is 5.91 Å². The number of para-hydroxylation sites is 1. The molecule has 4 heteroatoms. The van der Waals surface area contributed by atoms with Crippen LogP contribution in [0, 0.1) is 0 Å². The van der Waals surface area contributed by atoms with Crippen LogP contribution in [0.2, 0.25) is 0 Å². The molecule has 2 N–H and O–H groups in total. The van der Waals surface area contributed by atoms with Crippen molar-refractivity contribution in [1.29, 1.82) is 0 Å². The number of aliphatic carboxylic acids is 1. The van der Waals surface area contributed by atoms with Gasteiger partial charge in [-0.05, 0) is 23.3 Å². The molecule has 1 atom stereocenters. The van der Waals surface area contributed by atoms with Crippen molar-refractivity contribution in [1.82, 2.24) is 0 Å². The molecule has 4 nitrogen and oxygen atoms in total.